The zero-order valence-corrected chi connectivity index (χ0v) is 14.9. The van der Waals surface area contributed by atoms with Crippen LogP contribution in [-0.2, 0) is 17.7 Å². The lowest BCUT2D eigenvalue weighted by atomic mass is 10.1. The van der Waals surface area contributed by atoms with Gasteiger partial charge in [0.2, 0.25) is 0 Å². The summed E-state index contributed by atoms with van der Waals surface area (Å²) in [6, 6.07) is 8.34. The first-order valence-corrected chi connectivity index (χ1v) is 8.72. The Labute approximate surface area is 148 Å². The van der Waals surface area contributed by atoms with Gasteiger partial charge in [0.25, 0.3) is 5.91 Å². The third kappa shape index (κ3) is 4.67. The highest BCUT2D eigenvalue weighted by molar-refractivity contribution is 5.93. The molecule has 6 heteroatoms. The zero-order chi connectivity index (χ0) is 17.6. The molecule has 1 aromatic carbocycles. The van der Waals surface area contributed by atoms with Crippen LogP contribution in [0, 0.1) is 13.8 Å². The fourth-order valence-electron chi connectivity index (χ4n) is 2.90. The molecule has 6 nitrogen and oxygen atoms in total. The van der Waals surface area contributed by atoms with E-state index in [1.807, 2.05) is 6.92 Å². The number of aromatic nitrogens is 1. The summed E-state index contributed by atoms with van der Waals surface area (Å²) in [4.78, 5) is 14.7. The van der Waals surface area contributed by atoms with Crippen LogP contribution in [0.5, 0.6) is 0 Å². The minimum atomic E-state index is -0.174. The minimum absolute atomic E-state index is 0.174. The molecular weight excluding hydrogens is 318 g/mol. The maximum Gasteiger partial charge on any atom is 0.273 e. The molecule has 134 valence electrons. The predicted molar refractivity (Wildman–Crippen MR) is 94.6 cm³/mol. The Balaban J connectivity index is 1.57. The van der Waals surface area contributed by atoms with E-state index in [0.717, 1.165) is 38.3 Å². The highest BCUT2D eigenvalue weighted by Gasteiger charge is 2.22. The number of carbonyl (C=O) groups excluding carboxylic acids is 1. The van der Waals surface area contributed by atoms with Crippen molar-refractivity contribution >= 4 is 5.91 Å². The number of amides is 1. The van der Waals surface area contributed by atoms with Gasteiger partial charge in [-0.15, -0.1) is 0 Å². The number of benzene rings is 1. The molecule has 0 bridgehead atoms. The van der Waals surface area contributed by atoms with E-state index >= 15 is 0 Å². The molecule has 2 heterocycles. The van der Waals surface area contributed by atoms with E-state index < -0.39 is 0 Å². The Morgan fingerprint density at radius 1 is 1.20 bits per heavy atom. The van der Waals surface area contributed by atoms with E-state index in [0.29, 0.717) is 24.5 Å². The lowest BCUT2D eigenvalue weighted by Gasteiger charge is -2.26. The maximum absolute atomic E-state index is 12.5. The summed E-state index contributed by atoms with van der Waals surface area (Å²) in [5, 5.41) is 6.92. The van der Waals surface area contributed by atoms with E-state index in [1.165, 1.54) is 11.1 Å². The quantitative estimate of drug-likeness (QED) is 0.870. The van der Waals surface area contributed by atoms with Gasteiger partial charge in [-0.3, -0.25) is 9.69 Å². The lowest BCUT2D eigenvalue weighted by Crippen LogP contribution is -2.36. The molecule has 1 aliphatic rings. The van der Waals surface area contributed by atoms with Crippen LogP contribution < -0.4 is 5.32 Å². The van der Waals surface area contributed by atoms with Gasteiger partial charge in [0, 0.05) is 31.7 Å². The van der Waals surface area contributed by atoms with Crippen LogP contribution in [0.1, 0.15) is 32.9 Å². The number of carbonyl (C=O) groups is 1. The number of rotatable bonds is 6. The number of morpholine rings is 1. The largest absolute Gasteiger partial charge is 0.379 e. The number of ether oxygens (including phenoxy) is 1. The van der Waals surface area contributed by atoms with Crippen LogP contribution in [0.3, 0.4) is 0 Å². The monoisotopic (exact) mass is 343 g/mol. The molecule has 0 unspecified atom stereocenters. The number of aryl methyl sites for hydroxylation is 2. The fourth-order valence-corrected chi connectivity index (χ4v) is 2.90. The summed E-state index contributed by atoms with van der Waals surface area (Å²) in [7, 11) is 0. The van der Waals surface area contributed by atoms with E-state index in [2.05, 4.69) is 46.6 Å². The average Bonchev–Trinajstić information content (AvgIpc) is 2.98. The Hall–Kier alpha value is -2.18. The molecule has 1 fully saturated rings. The molecule has 2 aromatic rings. The molecule has 0 radical (unpaired) electrons. The average molecular weight is 343 g/mol. The standard InChI is InChI=1S/C19H25N3O3/c1-14-3-5-16(6-4-14)7-8-20-19(23)18-17(15(2)25-21-18)13-22-9-11-24-12-10-22/h3-6H,7-13H2,1-2H3,(H,20,23). The molecule has 1 amide bonds. The second kappa shape index (κ2) is 8.27. The van der Waals surface area contributed by atoms with Gasteiger partial charge in [-0.25, -0.2) is 0 Å². The van der Waals surface area contributed by atoms with Gasteiger partial charge in [-0.1, -0.05) is 35.0 Å². The van der Waals surface area contributed by atoms with Gasteiger partial charge in [-0.05, 0) is 25.8 Å². The Morgan fingerprint density at radius 3 is 2.64 bits per heavy atom. The maximum atomic E-state index is 12.5. The molecule has 1 N–H and O–H groups in total. The van der Waals surface area contributed by atoms with E-state index in [4.69, 9.17) is 9.26 Å². The SMILES string of the molecule is Cc1ccc(CCNC(=O)c2noc(C)c2CN2CCOCC2)cc1. The van der Waals surface area contributed by atoms with Crippen molar-refractivity contribution in [2.24, 2.45) is 0 Å². The summed E-state index contributed by atoms with van der Waals surface area (Å²) < 4.78 is 10.6. The molecule has 0 atom stereocenters. The Bertz CT molecular complexity index is 703. The smallest absolute Gasteiger partial charge is 0.273 e. The highest BCUT2D eigenvalue weighted by atomic mass is 16.5. The molecule has 0 aliphatic carbocycles. The summed E-state index contributed by atoms with van der Waals surface area (Å²) in [6.45, 7) is 8.33. The summed E-state index contributed by atoms with van der Waals surface area (Å²) in [5.41, 5.74) is 3.71. The third-order valence-corrected chi connectivity index (χ3v) is 4.51. The van der Waals surface area contributed by atoms with Gasteiger partial charge in [0.1, 0.15) is 5.76 Å². The number of hydrogen-bond acceptors (Lipinski definition) is 5. The molecular formula is C19H25N3O3. The first-order valence-electron chi connectivity index (χ1n) is 8.72. The highest BCUT2D eigenvalue weighted by Crippen LogP contribution is 2.17. The van der Waals surface area contributed by atoms with Crippen LogP contribution in [-0.4, -0.2) is 48.8 Å². The molecule has 1 aromatic heterocycles. The van der Waals surface area contributed by atoms with Crippen molar-refractivity contribution in [3.8, 4) is 0 Å². The van der Waals surface area contributed by atoms with Gasteiger partial charge in [-0.2, -0.15) is 0 Å². The number of nitrogens with zero attached hydrogens (tertiary/aromatic N) is 2. The zero-order valence-electron chi connectivity index (χ0n) is 14.9. The molecule has 25 heavy (non-hydrogen) atoms. The topological polar surface area (TPSA) is 67.6 Å². The van der Waals surface area contributed by atoms with Gasteiger partial charge in [0.15, 0.2) is 5.69 Å². The van der Waals surface area contributed by atoms with Gasteiger partial charge < -0.3 is 14.6 Å². The van der Waals surface area contributed by atoms with Crippen molar-refractivity contribution in [3.63, 3.8) is 0 Å². The molecule has 1 saturated heterocycles. The molecule has 1 aliphatic heterocycles. The second-order valence-electron chi connectivity index (χ2n) is 6.45. The third-order valence-electron chi connectivity index (χ3n) is 4.51. The van der Waals surface area contributed by atoms with Gasteiger partial charge in [0.05, 0.1) is 13.2 Å². The normalized spacial score (nSPS) is 15.3. The predicted octanol–water partition coefficient (Wildman–Crippen LogP) is 2.10. The summed E-state index contributed by atoms with van der Waals surface area (Å²) in [5.74, 6) is 0.530. The van der Waals surface area contributed by atoms with Crippen molar-refractivity contribution < 1.29 is 14.1 Å². The van der Waals surface area contributed by atoms with Crippen LogP contribution in [0.4, 0.5) is 0 Å². The number of hydrogen-bond donors (Lipinski definition) is 1. The second-order valence-corrected chi connectivity index (χ2v) is 6.45. The van der Waals surface area contributed by atoms with Gasteiger partial charge >= 0.3 is 0 Å². The van der Waals surface area contributed by atoms with Crippen molar-refractivity contribution in [3.05, 3.63) is 52.4 Å². The van der Waals surface area contributed by atoms with Crippen molar-refractivity contribution in [2.75, 3.05) is 32.8 Å². The van der Waals surface area contributed by atoms with Crippen molar-refractivity contribution in [2.45, 2.75) is 26.8 Å². The molecule has 0 spiro atoms. The minimum Gasteiger partial charge on any atom is -0.379 e. The van der Waals surface area contributed by atoms with Crippen LogP contribution in [0.2, 0.25) is 0 Å². The Morgan fingerprint density at radius 2 is 1.92 bits per heavy atom. The van der Waals surface area contributed by atoms with Crippen molar-refractivity contribution in [1.29, 1.82) is 0 Å². The fraction of sp³-hybridized carbons (Fsp3) is 0.474. The van der Waals surface area contributed by atoms with Crippen LogP contribution in [0.15, 0.2) is 28.8 Å². The van der Waals surface area contributed by atoms with Crippen molar-refractivity contribution in [1.82, 2.24) is 15.4 Å². The molecule has 3 rings (SSSR count). The summed E-state index contributed by atoms with van der Waals surface area (Å²) in [6.07, 6.45) is 0.793. The van der Waals surface area contributed by atoms with E-state index in [1.54, 1.807) is 0 Å². The lowest BCUT2D eigenvalue weighted by molar-refractivity contribution is 0.0339. The first kappa shape index (κ1) is 17.6. The van der Waals surface area contributed by atoms with E-state index in [9.17, 15) is 4.79 Å². The van der Waals surface area contributed by atoms with Crippen LogP contribution >= 0.6 is 0 Å². The van der Waals surface area contributed by atoms with Crippen LogP contribution in [0.25, 0.3) is 0 Å². The number of nitrogens with one attached hydrogen (secondary N) is 1. The van der Waals surface area contributed by atoms with E-state index in [-0.39, 0.29) is 5.91 Å². The Kier molecular flexibility index (Phi) is 5.83. The first-order chi connectivity index (χ1) is 12.1. The summed E-state index contributed by atoms with van der Waals surface area (Å²) >= 11 is 0. The molecule has 0 saturated carbocycles.